The molecule has 0 bridgehead atoms. The highest BCUT2D eigenvalue weighted by atomic mass is 19.4. The summed E-state index contributed by atoms with van der Waals surface area (Å²) in [6, 6.07) is 0.529. The van der Waals surface area contributed by atoms with Crippen molar-refractivity contribution in [2.24, 2.45) is 5.92 Å². The van der Waals surface area contributed by atoms with Gasteiger partial charge in [0, 0.05) is 18.9 Å². The van der Waals surface area contributed by atoms with Gasteiger partial charge >= 0.3 is 18.3 Å². The number of carbonyl (C=O) groups excluding carboxylic acids is 2. The van der Waals surface area contributed by atoms with E-state index in [1.807, 2.05) is 0 Å². The number of rotatable bonds is 3. The highest BCUT2D eigenvalue weighted by Crippen LogP contribution is 2.36. The van der Waals surface area contributed by atoms with Crippen LogP contribution in [0, 0.1) is 5.92 Å². The minimum absolute atomic E-state index is 0.0731. The Morgan fingerprint density at radius 3 is 2.04 bits per heavy atom. The zero-order valence-electron chi connectivity index (χ0n) is 11.9. The van der Waals surface area contributed by atoms with Crippen molar-refractivity contribution in [3.05, 3.63) is 34.9 Å². The van der Waals surface area contributed by atoms with Crippen molar-refractivity contribution < 1.29 is 40.7 Å². The molecular weight excluding hydrogens is 344 g/mol. The lowest BCUT2D eigenvalue weighted by Crippen LogP contribution is -2.19. The van der Waals surface area contributed by atoms with Gasteiger partial charge in [0.1, 0.15) is 0 Å². The molecule has 1 fully saturated rings. The first-order chi connectivity index (χ1) is 11.0. The van der Waals surface area contributed by atoms with Crippen LogP contribution in [0.4, 0.5) is 26.3 Å². The van der Waals surface area contributed by atoms with Gasteiger partial charge in [0.25, 0.3) is 0 Å². The summed E-state index contributed by atoms with van der Waals surface area (Å²) in [6.07, 6.45) is -10.0. The third-order valence-corrected chi connectivity index (χ3v) is 3.34. The van der Waals surface area contributed by atoms with E-state index >= 15 is 0 Å². The molecule has 1 aliphatic heterocycles. The monoisotopic (exact) mass is 355 g/mol. The first-order valence-corrected chi connectivity index (χ1v) is 6.70. The van der Waals surface area contributed by atoms with Gasteiger partial charge in [0.15, 0.2) is 0 Å². The lowest BCUT2D eigenvalue weighted by Gasteiger charge is -2.14. The largest absolute Gasteiger partial charge is 0.462 e. The maximum absolute atomic E-state index is 12.7. The number of esters is 1. The lowest BCUT2D eigenvalue weighted by molar-refractivity contribution is -0.143. The van der Waals surface area contributed by atoms with Crippen LogP contribution in [0.2, 0.25) is 0 Å². The van der Waals surface area contributed by atoms with E-state index in [9.17, 15) is 35.9 Å². The van der Waals surface area contributed by atoms with Gasteiger partial charge in [-0.2, -0.15) is 26.3 Å². The molecule has 1 aromatic carbocycles. The number of hydrogen-bond donors (Lipinski definition) is 1. The van der Waals surface area contributed by atoms with Crippen molar-refractivity contribution >= 4 is 11.9 Å². The van der Waals surface area contributed by atoms with Gasteiger partial charge in [-0.05, 0) is 18.2 Å². The molecule has 0 aliphatic carbocycles. The van der Waals surface area contributed by atoms with E-state index in [2.05, 4.69) is 5.32 Å². The van der Waals surface area contributed by atoms with Gasteiger partial charge in [0.2, 0.25) is 5.91 Å². The number of amides is 1. The smallest absolute Gasteiger partial charge is 0.416 e. The fraction of sp³-hybridized carbons (Fsp3) is 0.429. The van der Waals surface area contributed by atoms with E-state index in [1.54, 1.807) is 0 Å². The molecule has 2 rings (SSSR count). The summed E-state index contributed by atoms with van der Waals surface area (Å²) < 4.78 is 81.0. The maximum Gasteiger partial charge on any atom is 0.416 e. The fourth-order valence-electron chi connectivity index (χ4n) is 2.13. The summed E-state index contributed by atoms with van der Waals surface area (Å²) >= 11 is 0. The van der Waals surface area contributed by atoms with Crippen LogP contribution in [0.5, 0.6) is 0 Å². The molecule has 1 aliphatic rings. The standard InChI is InChI=1S/C14H11F6NO3/c15-13(16,17)9-2-8(3-10(4-9)14(18,19)20)12(23)24-6-7-1-11(22)21-5-7/h2-4,7H,1,5-6H2,(H,21,22). The third-order valence-electron chi connectivity index (χ3n) is 3.34. The van der Waals surface area contributed by atoms with Gasteiger partial charge in [-0.3, -0.25) is 4.79 Å². The van der Waals surface area contributed by atoms with Crippen molar-refractivity contribution in [1.29, 1.82) is 0 Å². The van der Waals surface area contributed by atoms with E-state index in [0.29, 0.717) is 12.1 Å². The molecule has 0 aromatic heterocycles. The summed E-state index contributed by atoms with van der Waals surface area (Å²) in [5.41, 5.74) is -4.04. The average Bonchev–Trinajstić information content (AvgIpc) is 2.88. The molecule has 1 N–H and O–H groups in total. The van der Waals surface area contributed by atoms with Crippen LogP contribution >= 0.6 is 0 Å². The molecule has 0 radical (unpaired) electrons. The van der Waals surface area contributed by atoms with Crippen molar-refractivity contribution in [2.45, 2.75) is 18.8 Å². The predicted molar refractivity (Wildman–Crippen MR) is 67.8 cm³/mol. The lowest BCUT2D eigenvalue weighted by atomic mass is 10.0. The Morgan fingerprint density at radius 1 is 1.08 bits per heavy atom. The van der Waals surface area contributed by atoms with Crippen LogP contribution in [-0.2, 0) is 21.9 Å². The Hall–Kier alpha value is -2.26. The highest BCUT2D eigenvalue weighted by Gasteiger charge is 2.37. The van der Waals surface area contributed by atoms with Crippen LogP contribution in [0.1, 0.15) is 27.9 Å². The average molecular weight is 355 g/mol. The van der Waals surface area contributed by atoms with E-state index in [4.69, 9.17) is 4.74 Å². The molecule has 0 saturated carbocycles. The molecule has 1 amide bonds. The molecule has 24 heavy (non-hydrogen) atoms. The van der Waals surface area contributed by atoms with E-state index in [1.165, 1.54) is 0 Å². The molecule has 4 nitrogen and oxygen atoms in total. The van der Waals surface area contributed by atoms with Crippen LogP contribution in [-0.4, -0.2) is 25.0 Å². The van der Waals surface area contributed by atoms with E-state index < -0.39 is 35.0 Å². The normalized spacial score (nSPS) is 18.4. The highest BCUT2D eigenvalue weighted by molar-refractivity contribution is 5.90. The second kappa shape index (κ2) is 6.33. The van der Waals surface area contributed by atoms with Gasteiger partial charge in [-0.1, -0.05) is 0 Å². The number of benzene rings is 1. The molecule has 0 spiro atoms. The summed E-state index contributed by atoms with van der Waals surface area (Å²) in [4.78, 5) is 22.8. The Morgan fingerprint density at radius 2 is 1.62 bits per heavy atom. The van der Waals surface area contributed by atoms with Crippen LogP contribution in [0.15, 0.2) is 18.2 Å². The topological polar surface area (TPSA) is 55.4 Å². The van der Waals surface area contributed by atoms with Gasteiger partial charge in [0.05, 0.1) is 23.3 Å². The minimum atomic E-state index is -5.04. The zero-order chi connectivity index (χ0) is 18.1. The number of carbonyl (C=O) groups is 2. The van der Waals surface area contributed by atoms with Crippen LogP contribution in [0.3, 0.4) is 0 Å². The number of ether oxygens (including phenoxy) is 1. The SMILES string of the molecule is O=C1CC(COC(=O)c2cc(C(F)(F)F)cc(C(F)(F)F)c2)CN1. The van der Waals surface area contributed by atoms with Crippen molar-refractivity contribution in [3.63, 3.8) is 0 Å². The van der Waals surface area contributed by atoms with E-state index in [0.717, 1.165) is 0 Å². The molecule has 1 heterocycles. The molecule has 1 aromatic rings. The Bertz CT molecular complexity index is 621. The Balaban J connectivity index is 2.21. The molecule has 1 atom stereocenters. The summed E-state index contributed by atoms with van der Waals surface area (Å²) in [5, 5.41) is 2.46. The molecule has 1 saturated heterocycles. The molecular formula is C14H11F6NO3. The van der Waals surface area contributed by atoms with E-state index in [-0.39, 0.29) is 37.5 Å². The summed E-state index contributed by atoms with van der Waals surface area (Å²) in [5.74, 6) is -1.95. The third kappa shape index (κ3) is 4.39. The fourth-order valence-corrected chi connectivity index (χ4v) is 2.13. The van der Waals surface area contributed by atoms with Crippen molar-refractivity contribution in [3.8, 4) is 0 Å². The first kappa shape index (κ1) is 18.1. The number of hydrogen-bond acceptors (Lipinski definition) is 3. The second-order valence-corrected chi connectivity index (χ2v) is 5.27. The number of nitrogens with one attached hydrogen (secondary N) is 1. The summed E-state index contributed by atoms with van der Waals surface area (Å²) in [6.45, 7) is -0.0579. The molecule has 10 heteroatoms. The minimum Gasteiger partial charge on any atom is -0.462 e. The predicted octanol–water partition coefficient (Wildman–Crippen LogP) is 3.02. The number of halogens is 6. The van der Waals surface area contributed by atoms with Crippen LogP contribution < -0.4 is 5.32 Å². The van der Waals surface area contributed by atoms with Crippen LogP contribution in [0.25, 0.3) is 0 Å². The van der Waals surface area contributed by atoms with Crippen molar-refractivity contribution in [1.82, 2.24) is 5.32 Å². The zero-order valence-corrected chi connectivity index (χ0v) is 11.9. The number of alkyl halides is 6. The van der Waals surface area contributed by atoms with Crippen molar-refractivity contribution in [2.75, 3.05) is 13.2 Å². The van der Waals surface area contributed by atoms with Gasteiger partial charge in [-0.15, -0.1) is 0 Å². The van der Waals surface area contributed by atoms with Gasteiger partial charge < -0.3 is 10.1 Å². The maximum atomic E-state index is 12.7. The Labute approximate surface area is 131 Å². The van der Waals surface area contributed by atoms with Gasteiger partial charge in [-0.25, -0.2) is 4.79 Å². The quantitative estimate of drug-likeness (QED) is 0.670. The Kier molecular flexibility index (Phi) is 4.77. The first-order valence-electron chi connectivity index (χ1n) is 6.70. The molecule has 1 unspecified atom stereocenters. The molecule has 132 valence electrons. The second-order valence-electron chi connectivity index (χ2n) is 5.27. The summed E-state index contributed by atoms with van der Waals surface area (Å²) in [7, 11) is 0.